The van der Waals surface area contributed by atoms with Crippen LogP contribution in [-0.2, 0) is 6.42 Å². The molecule has 96 valence electrons. The number of amides is 1. The maximum absolute atomic E-state index is 12.2. The van der Waals surface area contributed by atoms with Crippen LogP contribution in [0.25, 0.3) is 0 Å². The number of carboxylic acid groups (broad SMARTS) is 1. The molecule has 0 saturated heterocycles. The number of hydrogen-bond donors (Lipinski definition) is 2. The van der Waals surface area contributed by atoms with Crippen LogP contribution in [0, 0.1) is 0 Å². The molecule has 0 bridgehead atoms. The Morgan fingerprint density at radius 2 is 2.21 bits per heavy atom. The van der Waals surface area contributed by atoms with Crippen LogP contribution in [0.3, 0.4) is 0 Å². The van der Waals surface area contributed by atoms with Gasteiger partial charge in [0.15, 0.2) is 5.69 Å². The van der Waals surface area contributed by atoms with Crippen LogP contribution < -0.4 is 4.90 Å². The van der Waals surface area contributed by atoms with Crippen molar-refractivity contribution in [3.05, 3.63) is 41.2 Å². The summed E-state index contributed by atoms with van der Waals surface area (Å²) in [6.07, 6.45) is 2.01. The number of fused-ring (bicyclic) bond motifs is 1. The third-order valence-corrected chi connectivity index (χ3v) is 3.10. The largest absolute Gasteiger partial charge is 0.478 e. The summed E-state index contributed by atoms with van der Waals surface area (Å²) in [5.41, 5.74) is 2.07. The number of nitrogens with one attached hydrogen (secondary N) is 1. The van der Waals surface area contributed by atoms with Gasteiger partial charge in [-0.05, 0) is 30.2 Å². The third-order valence-electron chi connectivity index (χ3n) is 3.10. The van der Waals surface area contributed by atoms with E-state index >= 15 is 0 Å². The van der Waals surface area contributed by atoms with Crippen molar-refractivity contribution in [2.75, 3.05) is 11.4 Å². The first-order valence-electron chi connectivity index (χ1n) is 5.70. The summed E-state index contributed by atoms with van der Waals surface area (Å²) in [5, 5.41) is 18.7. The second-order valence-electron chi connectivity index (χ2n) is 4.21. The van der Waals surface area contributed by atoms with Gasteiger partial charge >= 0.3 is 5.97 Å². The van der Waals surface area contributed by atoms with Crippen molar-refractivity contribution in [2.45, 2.75) is 6.42 Å². The van der Waals surface area contributed by atoms with Crippen molar-refractivity contribution in [1.82, 2.24) is 15.4 Å². The first kappa shape index (κ1) is 11.4. The first-order valence-corrected chi connectivity index (χ1v) is 5.70. The van der Waals surface area contributed by atoms with Crippen LogP contribution in [0.4, 0.5) is 5.69 Å². The Hall–Kier alpha value is -2.70. The summed E-state index contributed by atoms with van der Waals surface area (Å²) in [7, 11) is 0. The second kappa shape index (κ2) is 4.20. The van der Waals surface area contributed by atoms with Crippen LogP contribution >= 0.6 is 0 Å². The molecule has 1 amide bonds. The van der Waals surface area contributed by atoms with Gasteiger partial charge in [0.25, 0.3) is 5.91 Å². The Kier molecular flexibility index (Phi) is 2.52. The molecule has 3 rings (SSSR count). The zero-order valence-electron chi connectivity index (χ0n) is 9.83. The van der Waals surface area contributed by atoms with E-state index in [4.69, 9.17) is 5.11 Å². The quantitative estimate of drug-likeness (QED) is 0.826. The summed E-state index contributed by atoms with van der Waals surface area (Å²) in [6, 6.07) is 4.76. The highest BCUT2D eigenvalue weighted by Gasteiger charge is 2.27. The molecule has 2 aromatic rings. The van der Waals surface area contributed by atoms with Crippen molar-refractivity contribution in [3.8, 4) is 0 Å². The zero-order chi connectivity index (χ0) is 13.4. The molecule has 0 unspecified atom stereocenters. The zero-order valence-corrected chi connectivity index (χ0v) is 9.83. The molecule has 0 spiro atoms. The molecule has 0 saturated carbocycles. The molecule has 2 heterocycles. The van der Waals surface area contributed by atoms with Crippen LogP contribution in [0.2, 0.25) is 0 Å². The van der Waals surface area contributed by atoms with Gasteiger partial charge in [-0.3, -0.25) is 4.79 Å². The van der Waals surface area contributed by atoms with E-state index in [1.807, 2.05) is 0 Å². The number of carbonyl (C=O) groups is 2. The molecule has 0 aliphatic carbocycles. The van der Waals surface area contributed by atoms with Crippen molar-refractivity contribution in [3.63, 3.8) is 0 Å². The summed E-state index contributed by atoms with van der Waals surface area (Å²) >= 11 is 0. The monoisotopic (exact) mass is 258 g/mol. The number of hydrogen-bond acceptors (Lipinski definition) is 4. The molecule has 1 aliphatic heterocycles. The average Bonchev–Trinajstić information content (AvgIpc) is 3.06. The normalized spacial score (nSPS) is 13.4. The lowest BCUT2D eigenvalue weighted by Crippen LogP contribution is -2.29. The van der Waals surface area contributed by atoms with E-state index in [0.29, 0.717) is 13.0 Å². The minimum atomic E-state index is -0.968. The molecule has 19 heavy (non-hydrogen) atoms. The molecule has 0 atom stereocenters. The highest BCUT2D eigenvalue weighted by Crippen LogP contribution is 2.29. The fourth-order valence-corrected chi connectivity index (χ4v) is 2.19. The lowest BCUT2D eigenvalue weighted by molar-refractivity contribution is 0.0696. The highest BCUT2D eigenvalue weighted by molar-refractivity contribution is 6.06. The Labute approximate surface area is 107 Å². The minimum Gasteiger partial charge on any atom is -0.478 e. The van der Waals surface area contributed by atoms with E-state index < -0.39 is 5.97 Å². The molecule has 1 aromatic heterocycles. The number of nitrogens with zero attached hydrogens (tertiary/aromatic N) is 3. The lowest BCUT2D eigenvalue weighted by Gasteiger charge is -2.15. The molecule has 1 aromatic carbocycles. The van der Waals surface area contributed by atoms with E-state index in [2.05, 4.69) is 15.4 Å². The average molecular weight is 258 g/mol. The van der Waals surface area contributed by atoms with Gasteiger partial charge in [-0.25, -0.2) is 4.79 Å². The molecule has 2 N–H and O–H groups in total. The fourth-order valence-electron chi connectivity index (χ4n) is 2.19. The second-order valence-corrected chi connectivity index (χ2v) is 4.21. The number of benzene rings is 1. The van der Waals surface area contributed by atoms with Gasteiger partial charge in [0.2, 0.25) is 0 Å². The lowest BCUT2D eigenvalue weighted by atomic mass is 10.1. The molecule has 1 aliphatic rings. The number of rotatable bonds is 2. The summed E-state index contributed by atoms with van der Waals surface area (Å²) in [4.78, 5) is 24.7. The van der Waals surface area contributed by atoms with E-state index in [1.54, 1.807) is 17.0 Å². The number of anilines is 1. The maximum atomic E-state index is 12.2. The Bertz CT molecular complexity index is 651. The van der Waals surface area contributed by atoms with Gasteiger partial charge in [0, 0.05) is 12.2 Å². The van der Waals surface area contributed by atoms with Crippen LogP contribution in [0.1, 0.15) is 26.4 Å². The van der Waals surface area contributed by atoms with E-state index in [1.165, 1.54) is 12.3 Å². The van der Waals surface area contributed by atoms with Crippen molar-refractivity contribution in [1.29, 1.82) is 0 Å². The van der Waals surface area contributed by atoms with E-state index in [0.717, 1.165) is 11.3 Å². The SMILES string of the molecule is O=C(O)c1ccc2c(c1)CCN2C(=O)c1cn[nH]n1. The van der Waals surface area contributed by atoms with Gasteiger partial charge in [0.1, 0.15) is 0 Å². The summed E-state index contributed by atoms with van der Waals surface area (Å²) in [5.74, 6) is -1.21. The maximum Gasteiger partial charge on any atom is 0.335 e. The van der Waals surface area contributed by atoms with Crippen molar-refractivity contribution in [2.24, 2.45) is 0 Å². The number of carboxylic acids is 1. The van der Waals surface area contributed by atoms with Crippen molar-refractivity contribution < 1.29 is 14.7 Å². The molecule has 7 nitrogen and oxygen atoms in total. The van der Waals surface area contributed by atoms with Crippen LogP contribution in [-0.4, -0.2) is 38.9 Å². The summed E-state index contributed by atoms with van der Waals surface area (Å²) < 4.78 is 0. The number of H-pyrrole nitrogens is 1. The molecular formula is C12H10N4O3. The molecular weight excluding hydrogens is 248 g/mol. The smallest absolute Gasteiger partial charge is 0.335 e. The van der Waals surface area contributed by atoms with Crippen LogP contribution in [0.15, 0.2) is 24.4 Å². The Morgan fingerprint density at radius 1 is 1.37 bits per heavy atom. The van der Waals surface area contributed by atoms with Crippen molar-refractivity contribution >= 4 is 17.6 Å². The van der Waals surface area contributed by atoms with Gasteiger partial charge in [-0.2, -0.15) is 15.4 Å². The fraction of sp³-hybridized carbons (Fsp3) is 0.167. The van der Waals surface area contributed by atoms with Gasteiger partial charge in [-0.1, -0.05) is 0 Å². The van der Waals surface area contributed by atoms with Gasteiger partial charge in [-0.15, -0.1) is 0 Å². The number of aromatic nitrogens is 3. The van der Waals surface area contributed by atoms with Crippen LogP contribution in [0.5, 0.6) is 0 Å². The number of aromatic carboxylic acids is 1. The van der Waals surface area contributed by atoms with E-state index in [9.17, 15) is 9.59 Å². The summed E-state index contributed by atoms with van der Waals surface area (Å²) in [6.45, 7) is 0.518. The third kappa shape index (κ3) is 1.85. The molecule has 0 radical (unpaired) electrons. The Morgan fingerprint density at radius 3 is 2.89 bits per heavy atom. The molecule has 7 heteroatoms. The first-order chi connectivity index (χ1) is 9.16. The standard InChI is InChI=1S/C12H10N4O3/c17-11(9-6-13-15-14-9)16-4-3-7-5-8(12(18)19)1-2-10(7)16/h1-2,5-6H,3-4H2,(H,18,19)(H,13,14,15). The van der Waals surface area contributed by atoms with Gasteiger partial charge < -0.3 is 10.0 Å². The minimum absolute atomic E-state index is 0.231. The predicted molar refractivity (Wildman–Crippen MR) is 65.2 cm³/mol. The Balaban J connectivity index is 1.94. The topological polar surface area (TPSA) is 99.2 Å². The number of aromatic amines is 1. The van der Waals surface area contributed by atoms with Gasteiger partial charge in [0.05, 0.1) is 11.8 Å². The predicted octanol–water partition coefficient (Wildman–Crippen LogP) is 0.706. The van der Waals surface area contributed by atoms with E-state index in [-0.39, 0.29) is 17.2 Å². The molecule has 0 fully saturated rings. The highest BCUT2D eigenvalue weighted by atomic mass is 16.4. The number of carbonyl (C=O) groups excluding carboxylic acids is 1.